The highest BCUT2D eigenvalue weighted by Crippen LogP contribution is 2.37. The lowest BCUT2D eigenvalue weighted by Gasteiger charge is -2.29. The van der Waals surface area contributed by atoms with E-state index in [0.29, 0.717) is 36.9 Å². The van der Waals surface area contributed by atoms with Crippen LogP contribution in [-0.4, -0.2) is 40.8 Å². The van der Waals surface area contributed by atoms with Gasteiger partial charge in [-0.1, -0.05) is 104 Å². The smallest absolute Gasteiger partial charge is 0.417 e. The summed E-state index contributed by atoms with van der Waals surface area (Å²) in [5.74, 6) is 0.838. The van der Waals surface area contributed by atoms with Gasteiger partial charge in [-0.15, -0.1) is 0 Å². The fourth-order valence-corrected chi connectivity index (χ4v) is 5.70. The van der Waals surface area contributed by atoms with Crippen LogP contribution in [0.2, 0.25) is 5.02 Å². The molecule has 0 spiro atoms. The lowest BCUT2D eigenvalue weighted by atomic mass is 9.90. The van der Waals surface area contributed by atoms with E-state index < -0.39 is 11.7 Å². The van der Waals surface area contributed by atoms with E-state index in [9.17, 15) is 13.2 Å². The van der Waals surface area contributed by atoms with Crippen molar-refractivity contribution in [3.05, 3.63) is 130 Å². The zero-order chi connectivity index (χ0) is 30.8. The molecule has 0 atom stereocenters. The Bertz CT molecular complexity index is 1400. The average Bonchev–Trinajstić information content (AvgIpc) is 2.99. The van der Waals surface area contributed by atoms with Crippen molar-refractivity contribution in [3.63, 3.8) is 0 Å². The molecule has 10 heteroatoms. The second-order valence-electron chi connectivity index (χ2n) is 10.8. The van der Waals surface area contributed by atoms with Crippen LogP contribution in [0.5, 0.6) is 5.75 Å². The Morgan fingerprint density at radius 2 is 1.49 bits per heavy atom. The molecule has 244 valence electrons. The summed E-state index contributed by atoms with van der Waals surface area (Å²) in [6, 6.07) is 30.6. The number of hydrogen-bond donors (Lipinski definition) is 1. The van der Waals surface area contributed by atoms with E-state index in [-0.39, 0.29) is 28.4 Å². The van der Waals surface area contributed by atoms with Crippen LogP contribution < -0.4 is 9.46 Å². The molecular weight excluding hydrogens is 621 g/mol. The number of aryl methyl sites for hydroxylation is 1. The summed E-state index contributed by atoms with van der Waals surface area (Å²) < 4.78 is 50.5. The summed E-state index contributed by atoms with van der Waals surface area (Å²) in [6.45, 7) is 8.23. The molecule has 5 nitrogen and oxygen atoms in total. The highest BCUT2D eigenvalue weighted by molar-refractivity contribution is 8.01. The summed E-state index contributed by atoms with van der Waals surface area (Å²) in [5, 5.41) is 0.198. The standard InChI is InChI=1S/C35H38ClF3N2OS.2H2O/c1-25(2)43-40-30-19-18-26(3)33(22-30)42-21-11-20-41(23-29-16-10-17-32(34(29)36)35(37,38)39)24-31(27-12-6-4-7-13-27)28-14-8-5-9-15-28;;/h4-10,12-19,22,25,31,40H,11,20-21,23-24H2,1-3H3;2*1H2. The molecule has 0 fully saturated rings. The Kier molecular flexibility index (Phi) is 15.2. The molecule has 0 aliphatic rings. The van der Waals surface area contributed by atoms with Gasteiger partial charge in [-0.2, -0.15) is 13.2 Å². The minimum Gasteiger partial charge on any atom is -0.493 e. The number of anilines is 1. The Morgan fingerprint density at radius 3 is 2.07 bits per heavy atom. The van der Waals surface area contributed by atoms with E-state index in [1.54, 1.807) is 18.0 Å². The maximum Gasteiger partial charge on any atom is 0.417 e. The molecule has 0 saturated heterocycles. The van der Waals surface area contributed by atoms with Crippen LogP contribution in [0.3, 0.4) is 0 Å². The molecule has 0 amide bonds. The van der Waals surface area contributed by atoms with Crippen LogP contribution in [0.1, 0.15) is 54.0 Å². The van der Waals surface area contributed by atoms with Crippen molar-refractivity contribution < 1.29 is 28.9 Å². The van der Waals surface area contributed by atoms with Crippen LogP contribution in [0, 0.1) is 6.92 Å². The molecule has 0 aliphatic heterocycles. The third-order valence-electron chi connectivity index (χ3n) is 7.10. The Balaban J connectivity index is 0.00000353. The van der Waals surface area contributed by atoms with E-state index in [2.05, 4.69) is 47.7 Å². The summed E-state index contributed by atoms with van der Waals surface area (Å²) in [7, 11) is 0. The molecule has 0 heterocycles. The molecule has 0 aliphatic carbocycles. The van der Waals surface area contributed by atoms with Crippen LogP contribution >= 0.6 is 23.5 Å². The first-order chi connectivity index (χ1) is 20.6. The number of alkyl halides is 3. The average molecular weight is 663 g/mol. The molecule has 0 aromatic heterocycles. The van der Waals surface area contributed by atoms with Gasteiger partial charge in [0, 0.05) is 42.6 Å². The van der Waals surface area contributed by atoms with Crippen molar-refractivity contribution in [2.75, 3.05) is 24.4 Å². The Hall–Kier alpha value is -3.21. The van der Waals surface area contributed by atoms with Gasteiger partial charge in [-0.3, -0.25) is 4.90 Å². The van der Waals surface area contributed by atoms with Gasteiger partial charge < -0.3 is 20.4 Å². The van der Waals surface area contributed by atoms with Gasteiger partial charge in [0.15, 0.2) is 0 Å². The van der Waals surface area contributed by atoms with Crippen molar-refractivity contribution in [3.8, 4) is 5.75 Å². The highest BCUT2D eigenvalue weighted by atomic mass is 35.5. The van der Waals surface area contributed by atoms with Crippen molar-refractivity contribution in [1.82, 2.24) is 4.90 Å². The summed E-state index contributed by atoms with van der Waals surface area (Å²) in [4.78, 5) is 2.18. The molecule has 4 aromatic rings. The lowest BCUT2D eigenvalue weighted by molar-refractivity contribution is -0.137. The molecule has 0 unspecified atom stereocenters. The fraction of sp³-hybridized carbons (Fsp3) is 0.314. The van der Waals surface area contributed by atoms with E-state index >= 15 is 0 Å². The van der Waals surface area contributed by atoms with Gasteiger partial charge in [0.1, 0.15) is 5.75 Å². The molecule has 4 rings (SSSR count). The van der Waals surface area contributed by atoms with Crippen LogP contribution in [-0.2, 0) is 12.7 Å². The number of halogens is 4. The topological polar surface area (TPSA) is 87.5 Å². The SMILES string of the molecule is Cc1ccc(NSC(C)C)cc1OCCCN(Cc1cccc(C(F)(F)F)c1Cl)CC(c1ccccc1)c1ccccc1.O.O. The van der Waals surface area contributed by atoms with Crippen LogP contribution in [0.4, 0.5) is 18.9 Å². The van der Waals surface area contributed by atoms with Crippen LogP contribution in [0.25, 0.3) is 0 Å². The largest absolute Gasteiger partial charge is 0.493 e. The molecule has 45 heavy (non-hydrogen) atoms. The predicted octanol–water partition coefficient (Wildman–Crippen LogP) is 8.59. The summed E-state index contributed by atoms with van der Waals surface area (Å²) >= 11 is 7.99. The van der Waals surface area contributed by atoms with Gasteiger partial charge in [0.05, 0.1) is 17.2 Å². The normalized spacial score (nSPS) is 11.3. The van der Waals surface area contributed by atoms with E-state index in [1.807, 2.05) is 61.5 Å². The van der Waals surface area contributed by atoms with Gasteiger partial charge >= 0.3 is 6.18 Å². The van der Waals surface area contributed by atoms with Crippen molar-refractivity contribution in [2.24, 2.45) is 0 Å². The maximum atomic E-state index is 13.7. The van der Waals surface area contributed by atoms with E-state index in [4.69, 9.17) is 16.3 Å². The molecule has 5 N–H and O–H groups in total. The predicted molar refractivity (Wildman–Crippen MR) is 181 cm³/mol. The molecule has 0 saturated carbocycles. The number of nitrogens with one attached hydrogen (secondary N) is 1. The molecule has 0 bridgehead atoms. The zero-order valence-electron chi connectivity index (χ0n) is 25.7. The maximum absolute atomic E-state index is 13.7. The van der Waals surface area contributed by atoms with Crippen molar-refractivity contribution >= 4 is 29.2 Å². The van der Waals surface area contributed by atoms with Gasteiger partial charge in [0.2, 0.25) is 0 Å². The third-order valence-corrected chi connectivity index (χ3v) is 8.37. The number of ether oxygens (including phenoxy) is 1. The first-order valence-corrected chi connectivity index (χ1v) is 15.7. The molecule has 0 radical (unpaired) electrons. The first-order valence-electron chi connectivity index (χ1n) is 14.4. The molecular formula is C35H42ClF3N2O3S. The minimum absolute atomic E-state index is 0. The molecule has 4 aromatic carbocycles. The second-order valence-corrected chi connectivity index (χ2v) is 12.6. The fourth-order valence-electron chi connectivity index (χ4n) is 4.90. The lowest BCUT2D eigenvalue weighted by Crippen LogP contribution is -2.31. The van der Waals surface area contributed by atoms with E-state index in [1.165, 1.54) is 6.07 Å². The zero-order valence-corrected chi connectivity index (χ0v) is 27.3. The summed E-state index contributed by atoms with van der Waals surface area (Å²) in [6.07, 6.45) is -3.83. The van der Waals surface area contributed by atoms with Gasteiger partial charge in [-0.25, -0.2) is 0 Å². The Morgan fingerprint density at radius 1 is 0.867 bits per heavy atom. The van der Waals surface area contributed by atoms with E-state index in [0.717, 1.165) is 34.2 Å². The highest BCUT2D eigenvalue weighted by Gasteiger charge is 2.34. The minimum atomic E-state index is -4.52. The van der Waals surface area contributed by atoms with Gasteiger partial charge in [-0.05, 0) is 59.7 Å². The van der Waals surface area contributed by atoms with Crippen LogP contribution in [0.15, 0.2) is 97.1 Å². The van der Waals surface area contributed by atoms with Crippen molar-refractivity contribution in [2.45, 2.75) is 51.1 Å². The summed E-state index contributed by atoms with van der Waals surface area (Å²) in [5.41, 5.74) is 3.95. The number of benzene rings is 4. The first kappa shape index (κ1) is 38.0. The quantitative estimate of drug-likeness (QED) is 0.108. The number of rotatable bonds is 14. The third kappa shape index (κ3) is 11.3. The monoisotopic (exact) mass is 662 g/mol. The van der Waals surface area contributed by atoms with Gasteiger partial charge in [0.25, 0.3) is 0 Å². The second kappa shape index (κ2) is 18.1. The Labute approximate surface area is 273 Å². The number of hydrogen-bond acceptors (Lipinski definition) is 4. The number of nitrogens with zero attached hydrogens (tertiary/aromatic N) is 1. The van der Waals surface area contributed by atoms with Crippen molar-refractivity contribution in [1.29, 1.82) is 0 Å².